The third-order valence-electron chi connectivity index (χ3n) is 5.01. The first-order chi connectivity index (χ1) is 12.5. The lowest BCUT2D eigenvalue weighted by molar-refractivity contribution is -0.0525. The van der Waals surface area contributed by atoms with Crippen LogP contribution in [0.4, 0.5) is 4.79 Å². The van der Waals surface area contributed by atoms with E-state index >= 15 is 0 Å². The van der Waals surface area contributed by atoms with Gasteiger partial charge in [-0.1, -0.05) is 30.3 Å². The van der Waals surface area contributed by atoms with Crippen molar-refractivity contribution in [1.82, 2.24) is 14.5 Å². The average Bonchev–Trinajstić information content (AvgIpc) is 2.55. The lowest BCUT2D eigenvalue weighted by Crippen LogP contribution is -2.72. The lowest BCUT2D eigenvalue weighted by atomic mass is 9.74. The number of rotatable bonds is 4. The third-order valence-corrected chi connectivity index (χ3v) is 6.01. The van der Waals surface area contributed by atoms with Crippen LogP contribution in [0.5, 0.6) is 5.75 Å². The largest absolute Gasteiger partial charge is 0.508 e. The second-order valence-electron chi connectivity index (χ2n) is 7.35. The van der Waals surface area contributed by atoms with Crippen LogP contribution < -0.4 is 5.32 Å². The number of likely N-dealkylation sites (tertiary alicyclic amines) is 1. The molecule has 2 amide bonds. The van der Waals surface area contributed by atoms with Crippen LogP contribution in [0.15, 0.2) is 53.4 Å². The number of amides is 2. The highest BCUT2D eigenvalue weighted by Crippen LogP contribution is 2.44. The van der Waals surface area contributed by atoms with E-state index in [9.17, 15) is 9.90 Å². The molecule has 0 atom stereocenters. The number of aromatic hydroxyl groups is 1. The van der Waals surface area contributed by atoms with Crippen molar-refractivity contribution in [3.05, 3.63) is 59.7 Å². The quantitative estimate of drug-likeness (QED) is 0.813. The van der Waals surface area contributed by atoms with Gasteiger partial charge in [-0.2, -0.15) is 0 Å². The van der Waals surface area contributed by atoms with Crippen LogP contribution in [0.2, 0.25) is 0 Å². The zero-order valence-electron chi connectivity index (χ0n) is 14.8. The van der Waals surface area contributed by atoms with E-state index < -0.39 is 0 Å². The average molecular weight is 369 g/mol. The van der Waals surface area contributed by atoms with E-state index in [0.717, 1.165) is 37.3 Å². The summed E-state index contributed by atoms with van der Waals surface area (Å²) in [5, 5.41) is 12.8. The summed E-state index contributed by atoms with van der Waals surface area (Å²) in [4.78, 5) is 15.4. The molecule has 2 aromatic carbocycles. The number of phenolic OH excluding ortho intramolecular Hbond substituents is 1. The summed E-state index contributed by atoms with van der Waals surface area (Å²) in [6, 6.07) is 15.8. The van der Waals surface area contributed by atoms with E-state index in [0.29, 0.717) is 6.54 Å². The Hall–Kier alpha value is -2.18. The van der Waals surface area contributed by atoms with E-state index in [1.807, 2.05) is 30.0 Å². The molecule has 1 spiro atoms. The van der Waals surface area contributed by atoms with Crippen molar-refractivity contribution in [2.45, 2.75) is 18.4 Å². The highest BCUT2D eigenvalue weighted by atomic mass is 32.2. The zero-order valence-corrected chi connectivity index (χ0v) is 15.6. The molecular weight excluding hydrogens is 346 g/mol. The summed E-state index contributed by atoms with van der Waals surface area (Å²) >= 11 is 1.79. The van der Waals surface area contributed by atoms with E-state index in [1.54, 1.807) is 18.0 Å². The number of carbonyl (C=O) groups excluding carboxylic acids is 1. The third kappa shape index (κ3) is 3.52. The normalized spacial score (nSPS) is 18.3. The molecule has 2 aromatic rings. The molecular formula is C20H23N3O2S. The summed E-state index contributed by atoms with van der Waals surface area (Å²) < 4.78 is 2.36. The first-order valence-corrected chi connectivity index (χ1v) is 9.60. The maximum Gasteiger partial charge on any atom is 0.317 e. The molecule has 26 heavy (non-hydrogen) atoms. The van der Waals surface area contributed by atoms with Gasteiger partial charge < -0.3 is 15.3 Å². The highest BCUT2D eigenvalue weighted by molar-refractivity contribution is 7.97. The Labute approximate surface area is 158 Å². The van der Waals surface area contributed by atoms with E-state index in [1.165, 1.54) is 4.90 Å². The molecule has 0 bridgehead atoms. The molecule has 2 heterocycles. The summed E-state index contributed by atoms with van der Waals surface area (Å²) in [5.74, 6) is 0.234. The fraction of sp³-hybridized carbons (Fsp3) is 0.350. The minimum atomic E-state index is -0.0511. The number of aryl methyl sites for hydroxylation is 1. The van der Waals surface area contributed by atoms with Crippen molar-refractivity contribution >= 4 is 18.0 Å². The summed E-state index contributed by atoms with van der Waals surface area (Å²) in [7, 11) is 0. The van der Waals surface area contributed by atoms with Crippen molar-refractivity contribution in [3.8, 4) is 5.75 Å². The predicted octanol–water partition coefficient (Wildman–Crippen LogP) is 3.24. The minimum Gasteiger partial charge on any atom is -0.508 e. The first kappa shape index (κ1) is 17.2. The van der Waals surface area contributed by atoms with Crippen LogP contribution >= 0.6 is 11.9 Å². The number of hydrogen-bond donors (Lipinski definition) is 2. The van der Waals surface area contributed by atoms with E-state index in [-0.39, 0.29) is 17.2 Å². The maximum atomic E-state index is 12.3. The van der Waals surface area contributed by atoms with Crippen molar-refractivity contribution in [3.63, 3.8) is 0 Å². The number of carbonyl (C=O) groups is 1. The van der Waals surface area contributed by atoms with Crippen molar-refractivity contribution in [2.75, 3.05) is 26.2 Å². The molecule has 6 heteroatoms. The second-order valence-corrected chi connectivity index (χ2v) is 8.52. The van der Waals surface area contributed by atoms with Gasteiger partial charge in [-0.05, 0) is 42.6 Å². The Bertz CT molecular complexity index is 798. The topological polar surface area (TPSA) is 55.8 Å². The molecule has 2 aliphatic heterocycles. The number of phenols is 1. The standard InChI is InChI=1S/C20H23N3O2S/c1-15-7-8-16(18(24)9-15)10-21-19(25)22-11-20(12-22)13-23(14-20)26-17-5-3-2-4-6-17/h2-9,24H,10-14H2,1H3,(H,21,25). The summed E-state index contributed by atoms with van der Waals surface area (Å²) in [6.45, 7) is 5.95. The fourth-order valence-corrected chi connectivity index (χ4v) is 4.86. The van der Waals surface area contributed by atoms with Crippen LogP contribution in [-0.2, 0) is 6.54 Å². The van der Waals surface area contributed by atoms with Crippen molar-refractivity contribution in [1.29, 1.82) is 0 Å². The molecule has 4 rings (SSSR count). The minimum absolute atomic E-state index is 0.0511. The van der Waals surface area contributed by atoms with Gasteiger partial charge in [0.2, 0.25) is 0 Å². The number of hydrogen-bond acceptors (Lipinski definition) is 4. The van der Waals surface area contributed by atoms with Gasteiger partial charge in [0.25, 0.3) is 0 Å². The Morgan fingerprint density at radius 3 is 2.58 bits per heavy atom. The van der Waals surface area contributed by atoms with Gasteiger partial charge in [0, 0.05) is 48.6 Å². The molecule has 2 fully saturated rings. The van der Waals surface area contributed by atoms with Gasteiger partial charge in [0.05, 0.1) is 0 Å². The molecule has 5 nitrogen and oxygen atoms in total. The Morgan fingerprint density at radius 1 is 1.15 bits per heavy atom. The number of benzene rings is 2. The zero-order chi connectivity index (χ0) is 18.1. The number of nitrogens with zero attached hydrogens (tertiary/aromatic N) is 2. The van der Waals surface area contributed by atoms with Crippen molar-refractivity contribution < 1.29 is 9.90 Å². The molecule has 2 N–H and O–H groups in total. The molecule has 0 aromatic heterocycles. The Morgan fingerprint density at radius 2 is 1.88 bits per heavy atom. The van der Waals surface area contributed by atoms with Crippen LogP contribution in [0, 0.1) is 12.3 Å². The SMILES string of the molecule is Cc1ccc(CNC(=O)N2CC3(CN(Sc4ccccc4)C3)C2)c(O)c1. The van der Waals surface area contributed by atoms with Crippen LogP contribution in [-0.4, -0.2) is 46.5 Å². The smallest absolute Gasteiger partial charge is 0.317 e. The Kier molecular flexibility index (Phi) is 4.54. The second kappa shape index (κ2) is 6.85. The molecule has 0 aliphatic carbocycles. The van der Waals surface area contributed by atoms with Gasteiger partial charge in [-0.25, -0.2) is 9.10 Å². The fourth-order valence-electron chi connectivity index (χ4n) is 3.61. The molecule has 0 saturated carbocycles. The van der Waals surface area contributed by atoms with E-state index in [2.05, 4.69) is 33.9 Å². The maximum absolute atomic E-state index is 12.3. The highest BCUT2D eigenvalue weighted by Gasteiger charge is 2.53. The van der Waals surface area contributed by atoms with Crippen LogP contribution in [0.3, 0.4) is 0 Å². The van der Waals surface area contributed by atoms with Gasteiger partial charge in [0.1, 0.15) is 5.75 Å². The van der Waals surface area contributed by atoms with E-state index in [4.69, 9.17) is 0 Å². The van der Waals surface area contributed by atoms with Gasteiger partial charge in [0.15, 0.2) is 0 Å². The molecule has 2 aliphatic rings. The molecule has 0 radical (unpaired) electrons. The van der Waals surface area contributed by atoms with Gasteiger partial charge in [-0.15, -0.1) is 0 Å². The monoisotopic (exact) mass is 369 g/mol. The van der Waals surface area contributed by atoms with Gasteiger partial charge >= 0.3 is 6.03 Å². The van der Waals surface area contributed by atoms with Crippen molar-refractivity contribution in [2.24, 2.45) is 5.41 Å². The Balaban J connectivity index is 1.21. The summed E-state index contributed by atoms with van der Waals surface area (Å²) in [6.07, 6.45) is 0. The summed E-state index contributed by atoms with van der Waals surface area (Å²) in [5.41, 5.74) is 2.02. The van der Waals surface area contributed by atoms with Crippen LogP contribution in [0.1, 0.15) is 11.1 Å². The first-order valence-electron chi connectivity index (χ1n) is 8.82. The van der Waals surface area contributed by atoms with Gasteiger partial charge in [-0.3, -0.25) is 0 Å². The molecule has 136 valence electrons. The number of nitrogens with one attached hydrogen (secondary N) is 1. The molecule has 0 unspecified atom stereocenters. The lowest BCUT2D eigenvalue weighted by Gasteiger charge is -2.59. The number of urea groups is 1. The van der Waals surface area contributed by atoms with Crippen LogP contribution in [0.25, 0.3) is 0 Å². The predicted molar refractivity (Wildman–Crippen MR) is 103 cm³/mol. The molecule has 2 saturated heterocycles.